The number of rotatable bonds is 7. The van der Waals surface area contributed by atoms with Gasteiger partial charge >= 0.3 is 0 Å². The first-order valence-electron chi connectivity index (χ1n) is 7.36. The Hall–Kier alpha value is -0.900. The Labute approximate surface area is 116 Å². The molecule has 0 heterocycles. The lowest BCUT2D eigenvalue weighted by atomic mass is 9.80. The summed E-state index contributed by atoms with van der Waals surface area (Å²) >= 11 is 0. The first-order valence-corrected chi connectivity index (χ1v) is 7.36. The van der Waals surface area contributed by atoms with Gasteiger partial charge in [0.05, 0.1) is 0 Å². The molecule has 0 aromatic rings. The van der Waals surface area contributed by atoms with Gasteiger partial charge in [0.25, 0.3) is 0 Å². The predicted molar refractivity (Wildman–Crippen MR) is 74.8 cm³/mol. The number of ether oxygens (including phenoxy) is 1. The molecule has 0 atom stereocenters. The van der Waals surface area contributed by atoms with Crippen LogP contribution in [0.4, 0.5) is 0 Å². The minimum atomic E-state index is 0.107. The van der Waals surface area contributed by atoms with Crippen molar-refractivity contribution in [3.05, 3.63) is 0 Å². The van der Waals surface area contributed by atoms with Crippen molar-refractivity contribution in [2.45, 2.75) is 58.4 Å². The maximum Gasteiger partial charge on any atom is 0.220 e. The zero-order valence-corrected chi connectivity index (χ0v) is 12.4. The maximum atomic E-state index is 11.9. The van der Waals surface area contributed by atoms with Crippen LogP contribution in [-0.4, -0.2) is 31.4 Å². The van der Waals surface area contributed by atoms with E-state index in [1.165, 1.54) is 0 Å². The molecule has 0 radical (unpaired) electrons. The van der Waals surface area contributed by atoms with Crippen LogP contribution in [0, 0.1) is 11.8 Å². The van der Waals surface area contributed by atoms with Crippen LogP contribution >= 0.6 is 0 Å². The van der Waals surface area contributed by atoms with Crippen LogP contribution in [0.1, 0.15) is 52.4 Å². The summed E-state index contributed by atoms with van der Waals surface area (Å²) in [4.78, 5) is 23.6. The molecular weight excluding hydrogens is 242 g/mol. The third-order valence-electron chi connectivity index (χ3n) is 3.82. The summed E-state index contributed by atoms with van der Waals surface area (Å²) in [5, 5.41) is 3.06. The minimum Gasteiger partial charge on any atom is -0.385 e. The van der Waals surface area contributed by atoms with Gasteiger partial charge in [-0.15, -0.1) is 0 Å². The quantitative estimate of drug-likeness (QED) is 0.722. The summed E-state index contributed by atoms with van der Waals surface area (Å²) in [6.07, 6.45) is 4.99. The first-order chi connectivity index (χ1) is 9.04. The van der Waals surface area contributed by atoms with Gasteiger partial charge in [-0.25, -0.2) is 0 Å². The van der Waals surface area contributed by atoms with E-state index >= 15 is 0 Å². The van der Waals surface area contributed by atoms with Crippen molar-refractivity contribution in [1.29, 1.82) is 0 Å². The second-order valence-corrected chi connectivity index (χ2v) is 5.77. The molecular formula is C15H27NO3. The molecule has 0 saturated heterocycles. The Bertz CT molecular complexity index is 294. The van der Waals surface area contributed by atoms with E-state index in [-0.39, 0.29) is 23.8 Å². The van der Waals surface area contributed by atoms with Crippen molar-refractivity contribution in [2.75, 3.05) is 13.7 Å². The normalized spacial score (nSPS) is 23.4. The van der Waals surface area contributed by atoms with Crippen molar-refractivity contribution in [1.82, 2.24) is 5.32 Å². The van der Waals surface area contributed by atoms with Gasteiger partial charge in [-0.2, -0.15) is 0 Å². The van der Waals surface area contributed by atoms with Gasteiger partial charge < -0.3 is 10.1 Å². The summed E-state index contributed by atoms with van der Waals surface area (Å²) in [6.45, 7) is 4.56. The van der Waals surface area contributed by atoms with Gasteiger partial charge in [0.1, 0.15) is 5.78 Å². The van der Waals surface area contributed by atoms with Gasteiger partial charge in [0.2, 0.25) is 5.91 Å². The van der Waals surface area contributed by atoms with E-state index in [1.807, 2.05) is 13.8 Å². The molecule has 19 heavy (non-hydrogen) atoms. The molecule has 4 heteroatoms. The van der Waals surface area contributed by atoms with E-state index in [9.17, 15) is 9.59 Å². The van der Waals surface area contributed by atoms with Crippen LogP contribution in [0.15, 0.2) is 0 Å². The van der Waals surface area contributed by atoms with E-state index in [2.05, 4.69) is 5.32 Å². The molecule has 1 aliphatic carbocycles. The summed E-state index contributed by atoms with van der Waals surface area (Å²) in [7, 11) is 1.64. The fourth-order valence-electron chi connectivity index (χ4n) is 2.67. The molecule has 1 aliphatic rings. The van der Waals surface area contributed by atoms with Crippen molar-refractivity contribution >= 4 is 11.7 Å². The predicted octanol–water partition coefficient (Wildman–Crippen LogP) is 2.31. The summed E-state index contributed by atoms with van der Waals surface area (Å²) in [6, 6.07) is 0.256. The van der Waals surface area contributed by atoms with Crippen LogP contribution in [-0.2, 0) is 14.3 Å². The standard InChI is InChI=1S/C15H27NO3/c1-11(2)15(18)12-6-8-13(9-7-12)16-14(17)5-4-10-19-3/h11-13H,4-10H2,1-3H3,(H,16,17). The average molecular weight is 269 g/mol. The van der Waals surface area contributed by atoms with Gasteiger partial charge in [0.15, 0.2) is 0 Å². The topological polar surface area (TPSA) is 55.4 Å². The second-order valence-electron chi connectivity index (χ2n) is 5.77. The van der Waals surface area contributed by atoms with Gasteiger partial charge in [0, 0.05) is 38.0 Å². The molecule has 0 spiro atoms. The van der Waals surface area contributed by atoms with Crippen LogP contribution < -0.4 is 5.32 Å². The Balaban J connectivity index is 2.23. The zero-order valence-electron chi connectivity index (χ0n) is 12.4. The van der Waals surface area contributed by atoms with Crippen LogP contribution in [0.5, 0.6) is 0 Å². The molecule has 0 aromatic carbocycles. The van der Waals surface area contributed by atoms with E-state index in [0.717, 1.165) is 32.1 Å². The number of carbonyl (C=O) groups excluding carboxylic acids is 2. The van der Waals surface area contributed by atoms with Gasteiger partial charge in [-0.05, 0) is 32.1 Å². The SMILES string of the molecule is COCCCC(=O)NC1CCC(C(=O)C(C)C)CC1. The van der Waals surface area contributed by atoms with Crippen LogP contribution in [0.2, 0.25) is 0 Å². The highest BCUT2D eigenvalue weighted by Gasteiger charge is 2.27. The fraction of sp³-hybridized carbons (Fsp3) is 0.867. The molecule has 0 bridgehead atoms. The number of Topliss-reactive ketones (excluding diaryl/α,β-unsaturated/α-hetero) is 1. The minimum absolute atomic E-state index is 0.107. The molecule has 1 amide bonds. The van der Waals surface area contributed by atoms with Crippen LogP contribution in [0.3, 0.4) is 0 Å². The summed E-state index contributed by atoms with van der Waals surface area (Å²) < 4.78 is 4.93. The van der Waals surface area contributed by atoms with Crippen molar-refractivity contribution in [2.24, 2.45) is 11.8 Å². The molecule has 0 unspecified atom stereocenters. The fourth-order valence-corrected chi connectivity index (χ4v) is 2.67. The Kier molecular flexibility index (Phi) is 7.06. The van der Waals surface area contributed by atoms with Crippen molar-refractivity contribution in [3.8, 4) is 0 Å². The molecule has 110 valence electrons. The number of hydrogen-bond donors (Lipinski definition) is 1. The molecule has 1 N–H and O–H groups in total. The van der Waals surface area contributed by atoms with Crippen molar-refractivity contribution < 1.29 is 14.3 Å². The number of ketones is 1. The van der Waals surface area contributed by atoms with Crippen molar-refractivity contribution in [3.63, 3.8) is 0 Å². The molecule has 1 rings (SSSR count). The molecule has 4 nitrogen and oxygen atoms in total. The lowest BCUT2D eigenvalue weighted by Gasteiger charge is -2.29. The summed E-state index contributed by atoms with van der Waals surface area (Å²) in [5.41, 5.74) is 0. The zero-order chi connectivity index (χ0) is 14.3. The highest BCUT2D eigenvalue weighted by Crippen LogP contribution is 2.27. The van der Waals surface area contributed by atoms with Crippen LogP contribution in [0.25, 0.3) is 0 Å². The van der Waals surface area contributed by atoms with Gasteiger partial charge in [-0.1, -0.05) is 13.8 Å². The Morgan fingerprint density at radius 3 is 2.37 bits per heavy atom. The van der Waals surface area contributed by atoms with E-state index in [4.69, 9.17) is 4.74 Å². The largest absolute Gasteiger partial charge is 0.385 e. The van der Waals surface area contributed by atoms with E-state index in [1.54, 1.807) is 7.11 Å². The Morgan fingerprint density at radius 2 is 1.84 bits per heavy atom. The molecule has 0 aliphatic heterocycles. The molecule has 1 saturated carbocycles. The maximum absolute atomic E-state index is 11.9. The monoisotopic (exact) mass is 269 g/mol. The second kappa shape index (κ2) is 8.31. The highest BCUT2D eigenvalue weighted by atomic mass is 16.5. The highest BCUT2D eigenvalue weighted by molar-refractivity contribution is 5.83. The van der Waals surface area contributed by atoms with E-state index in [0.29, 0.717) is 18.8 Å². The number of hydrogen-bond acceptors (Lipinski definition) is 3. The smallest absolute Gasteiger partial charge is 0.220 e. The lowest BCUT2D eigenvalue weighted by Crippen LogP contribution is -2.39. The molecule has 0 aromatic heterocycles. The van der Waals surface area contributed by atoms with Gasteiger partial charge in [-0.3, -0.25) is 9.59 Å². The average Bonchev–Trinajstić information content (AvgIpc) is 2.39. The number of amides is 1. The first kappa shape index (κ1) is 16.2. The number of methoxy groups -OCH3 is 1. The van der Waals surface area contributed by atoms with E-state index < -0.39 is 0 Å². The third kappa shape index (κ3) is 5.72. The number of nitrogens with one attached hydrogen (secondary N) is 1. The third-order valence-corrected chi connectivity index (χ3v) is 3.82. The number of carbonyl (C=O) groups is 2. The molecule has 1 fully saturated rings. The Morgan fingerprint density at radius 1 is 1.21 bits per heavy atom. The lowest BCUT2D eigenvalue weighted by molar-refractivity contribution is -0.127. The summed E-state index contributed by atoms with van der Waals surface area (Å²) in [5.74, 6) is 0.826.